The van der Waals surface area contributed by atoms with Gasteiger partial charge in [0, 0.05) is 30.9 Å². The molecule has 1 amide bonds. The minimum Gasteiger partial charge on any atom is -0.384 e. The number of hydrogen-bond donors (Lipinski definition) is 2. The monoisotopic (exact) mass is 297 g/mol. The summed E-state index contributed by atoms with van der Waals surface area (Å²) in [7, 11) is 0. The molecule has 0 aliphatic carbocycles. The number of hydrogen-bond acceptors (Lipinski definition) is 4. The standard InChI is InChI=1S/C16H15N3O3/c20-16-15-12(10-18-16)2-1-3-14(15)17-9-8-11-4-6-13(7-5-11)19(21)22/h1-7,17H,8-10H2,(H,18,20). The molecular formula is C16H15N3O3. The van der Waals surface area contributed by atoms with Crippen LogP contribution < -0.4 is 10.6 Å². The van der Waals surface area contributed by atoms with E-state index in [1.54, 1.807) is 12.1 Å². The number of nitrogens with one attached hydrogen (secondary N) is 2. The first-order chi connectivity index (χ1) is 10.6. The summed E-state index contributed by atoms with van der Waals surface area (Å²) in [4.78, 5) is 22.0. The summed E-state index contributed by atoms with van der Waals surface area (Å²) in [6.45, 7) is 1.23. The zero-order valence-corrected chi connectivity index (χ0v) is 11.8. The summed E-state index contributed by atoms with van der Waals surface area (Å²) in [5, 5.41) is 16.7. The van der Waals surface area contributed by atoms with Crippen LogP contribution in [-0.4, -0.2) is 17.4 Å². The number of benzene rings is 2. The number of amides is 1. The van der Waals surface area contributed by atoms with Crippen molar-refractivity contribution in [2.45, 2.75) is 13.0 Å². The highest BCUT2D eigenvalue weighted by Gasteiger charge is 2.21. The number of carbonyl (C=O) groups is 1. The molecule has 112 valence electrons. The Kier molecular flexibility index (Phi) is 3.74. The maximum Gasteiger partial charge on any atom is 0.269 e. The minimum absolute atomic E-state index is 0.0477. The molecular weight excluding hydrogens is 282 g/mol. The van der Waals surface area contributed by atoms with Crippen molar-refractivity contribution < 1.29 is 9.72 Å². The highest BCUT2D eigenvalue weighted by molar-refractivity contribution is 6.03. The van der Waals surface area contributed by atoms with E-state index >= 15 is 0 Å². The first-order valence-corrected chi connectivity index (χ1v) is 7.02. The summed E-state index contributed by atoms with van der Waals surface area (Å²) in [6.07, 6.45) is 0.725. The highest BCUT2D eigenvalue weighted by Crippen LogP contribution is 2.24. The van der Waals surface area contributed by atoms with E-state index in [4.69, 9.17) is 0 Å². The molecule has 2 aromatic carbocycles. The third-order valence-corrected chi connectivity index (χ3v) is 3.69. The molecule has 1 heterocycles. The Morgan fingerprint density at radius 1 is 1.18 bits per heavy atom. The van der Waals surface area contributed by atoms with Crippen LogP contribution in [0.5, 0.6) is 0 Å². The number of rotatable bonds is 5. The number of carbonyl (C=O) groups excluding carboxylic acids is 1. The summed E-state index contributed by atoms with van der Waals surface area (Å²) < 4.78 is 0. The third kappa shape index (κ3) is 2.76. The van der Waals surface area contributed by atoms with E-state index in [9.17, 15) is 14.9 Å². The maximum atomic E-state index is 11.8. The van der Waals surface area contributed by atoms with Crippen LogP contribution in [0, 0.1) is 10.1 Å². The number of nitro benzene ring substituents is 1. The molecule has 0 spiro atoms. The predicted molar refractivity (Wildman–Crippen MR) is 82.9 cm³/mol. The summed E-state index contributed by atoms with van der Waals surface area (Å²) in [5.41, 5.74) is 3.65. The normalized spacial score (nSPS) is 12.6. The Morgan fingerprint density at radius 2 is 1.95 bits per heavy atom. The lowest BCUT2D eigenvalue weighted by atomic mass is 10.1. The molecule has 0 saturated heterocycles. The second-order valence-electron chi connectivity index (χ2n) is 5.12. The lowest BCUT2D eigenvalue weighted by Crippen LogP contribution is -2.15. The molecule has 3 rings (SSSR count). The summed E-state index contributed by atoms with van der Waals surface area (Å²) in [6, 6.07) is 12.3. The van der Waals surface area contributed by atoms with Crippen molar-refractivity contribution in [1.82, 2.24) is 5.32 Å². The molecule has 6 nitrogen and oxygen atoms in total. The minimum atomic E-state index is -0.409. The molecule has 22 heavy (non-hydrogen) atoms. The van der Waals surface area contributed by atoms with Crippen LogP contribution >= 0.6 is 0 Å². The number of non-ortho nitro benzene ring substituents is 1. The van der Waals surface area contributed by atoms with E-state index in [-0.39, 0.29) is 11.6 Å². The van der Waals surface area contributed by atoms with Crippen molar-refractivity contribution in [2.75, 3.05) is 11.9 Å². The van der Waals surface area contributed by atoms with Gasteiger partial charge in [-0.15, -0.1) is 0 Å². The molecule has 2 aromatic rings. The fourth-order valence-electron chi connectivity index (χ4n) is 2.55. The van der Waals surface area contributed by atoms with E-state index in [1.165, 1.54) is 12.1 Å². The van der Waals surface area contributed by atoms with Crippen molar-refractivity contribution in [3.63, 3.8) is 0 Å². The molecule has 0 bridgehead atoms. The van der Waals surface area contributed by atoms with Gasteiger partial charge in [0.05, 0.1) is 10.5 Å². The molecule has 0 saturated carbocycles. The Balaban J connectivity index is 1.63. The molecule has 0 atom stereocenters. The molecule has 1 aliphatic heterocycles. The number of nitrogens with zero attached hydrogens (tertiary/aromatic N) is 1. The average molecular weight is 297 g/mol. The summed E-state index contributed by atoms with van der Waals surface area (Å²) in [5.74, 6) is -0.0477. The van der Waals surface area contributed by atoms with Gasteiger partial charge in [0.2, 0.25) is 0 Å². The summed E-state index contributed by atoms with van der Waals surface area (Å²) >= 11 is 0. The Morgan fingerprint density at radius 3 is 2.68 bits per heavy atom. The van der Waals surface area contributed by atoms with E-state index in [0.29, 0.717) is 18.7 Å². The van der Waals surface area contributed by atoms with Crippen molar-refractivity contribution in [3.05, 3.63) is 69.3 Å². The van der Waals surface area contributed by atoms with Gasteiger partial charge in [-0.2, -0.15) is 0 Å². The van der Waals surface area contributed by atoms with Gasteiger partial charge in [0.15, 0.2) is 0 Å². The van der Waals surface area contributed by atoms with Crippen LogP contribution in [-0.2, 0) is 13.0 Å². The zero-order valence-electron chi connectivity index (χ0n) is 11.8. The van der Waals surface area contributed by atoms with E-state index < -0.39 is 4.92 Å². The van der Waals surface area contributed by atoms with Gasteiger partial charge in [0.1, 0.15) is 0 Å². The number of anilines is 1. The molecule has 6 heteroatoms. The van der Waals surface area contributed by atoms with Crippen molar-refractivity contribution >= 4 is 17.3 Å². The number of nitro groups is 1. The highest BCUT2D eigenvalue weighted by atomic mass is 16.6. The van der Waals surface area contributed by atoms with Crippen LogP contribution in [0.1, 0.15) is 21.5 Å². The van der Waals surface area contributed by atoms with Gasteiger partial charge < -0.3 is 10.6 Å². The first-order valence-electron chi connectivity index (χ1n) is 7.02. The Bertz CT molecular complexity index is 726. The predicted octanol–water partition coefficient (Wildman–Crippen LogP) is 2.49. The van der Waals surface area contributed by atoms with Gasteiger partial charge >= 0.3 is 0 Å². The van der Waals surface area contributed by atoms with Crippen molar-refractivity contribution in [3.8, 4) is 0 Å². The van der Waals surface area contributed by atoms with Crippen LogP contribution in [0.15, 0.2) is 42.5 Å². The van der Waals surface area contributed by atoms with Gasteiger partial charge in [-0.05, 0) is 23.6 Å². The topological polar surface area (TPSA) is 84.3 Å². The van der Waals surface area contributed by atoms with Crippen LogP contribution in [0.3, 0.4) is 0 Å². The van der Waals surface area contributed by atoms with Gasteiger partial charge in [0.25, 0.3) is 11.6 Å². The SMILES string of the molecule is O=C1NCc2cccc(NCCc3ccc([N+](=O)[O-])cc3)c21. The van der Waals surface area contributed by atoms with E-state index in [0.717, 1.165) is 23.2 Å². The fraction of sp³-hybridized carbons (Fsp3) is 0.188. The van der Waals surface area contributed by atoms with Gasteiger partial charge in [-0.3, -0.25) is 14.9 Å². The quantitative estimate of drug-likeness (QED) is 0.656. The Hall–Kier alpha value is -2.89. The van der Waals surface area contributed by atoms with Crippen molar-refractivity contribution in [1.29, 1.82) is 0 Å². The molecule has 0 aromatic heterocycles. The van der Waals surface area contributed by atoms with Gasteiger partial charge in [-0.1, -0.05) is 24.3 Å². The van der Waals surface area contributed by atoms with Gasteiger partial charge in [-0.25, -0.2) is 0 Å². The fourth-order valence-corrected chi connectivity index (χ4v) is 2.55. The lowest BCUT2D eigenvalue weighted by molar-refractivity contribution is -0.384. The number of fused-ring (bicyclic) bond motifs is 1. The third-order valence-electron chi connectivity index (χ3n) is 3.69. The molecule has 0 radical (unpaired) electrons. The molecule has 2 N–H and O–H groups in total. The lowest BCUT2D eigenvalue weighted by Gasteiger charge is -2.09. The second kappa shape index (κ2) is 5.85. The zero-order chi connectivity index (χ0) is 15.5. The maximum absolute atomic E-state index is 11.8. The molecule has 1 aliphatic rings. The Labute approximate surface area is 127 Å². The van der Waals surface area contributed by atoms with Crippen LogP contribution in [0.25, 0.3) is 0 Å². The van der Waals surface area contributed by atoms with E-state index in [2.05, 4.69) is 10.6 Å². The van der Waals surface area contributed by atoms with Crippen LogP contribution in [0.2, 0.25) is 0 Å². The largest absolute Gasteiger partial charge is 0.384 e. The second-order valence-corrected chi connectivity index (χ2v) is 5.12. The average Bonchev–Trinajstić information content (AvgIpc) is 2.90. The van der Waals surface area contributed by atoms with Crippen LogP contribution in [0.4, 0.5) is 11.4 Å². The molecule has 0 fully saturated rings. The van der Waals surface area contributed by atoms with E-state index in [1.807, 2.05) is 18.2 Å². The van der Waals surface area contributed by atoms with Crippen molar-refractivity contribution in [2.24, 2.45) is 0 Å². The molecule has 0 unspecified atom stereocenters. The smallest absolute Gasteiger partial charge is 0.269 e. The first kappa shape index (κ1) is 14.1.